The van der Waals surface area contributed by atoms with Crippen LogP contribution in [0.4, 0.5) is 4.79 Å². The van der Waals surface area contributed by atoms with Crippen molar-refractivity contribution < 1.29 is 23.8 Å². The second-order valence-electron chi connectivity index (χ2n) is 8.62. The first-order chi connectivity index (χ1) is 16.7. The molecular formula is C26H29N3O5S. The number of thioether (sulfide) groups is 1. The molecule has 3 rings (SSSR count). The number of ether oxygens (including phenoxy) is 3. The first-order valence-corrected chi connectivity index (χ1v) is 12.0. The molecule has 0 unspecified atom stereocenters. The molecule has 0 aliphatic heterocycles. The van der Waals surface area contributed by atoms with Crippen LogP contribution >= 0.6 is 11.8 Å². The summed E-state index contributed by atoms with van der Waals surface area (Å²) in [5.74, 6) is 1.22. The molecule has 35 heavy (non-hydrogen) atoms. The molecule has 1 N–H and O–H groups in total. The van der Waals surface area contributed by atoms with E-state index in [4.69, 9.17) is 14.2 Å². The van der Waals surface area contributed by atoms with Gasteiger partial charge in [0, 0.05) is 24.4 Å². The van der Waals surface area contributed by atoms with Crippen LogP contribution in [-0.2, 0) is 26.4 Å². The van der Waals surface area contributed by atoms with Gasteiger partial charge in [-0.2, -0.15) is 4.98 Å². The van der Waals surface area contributed by atoms with Gasteiger partial charge < -0.3 is 19.5 Å². The van der Waals surface area contributed by atoms with E-state index < -0.39 is 23.7 Å². The fourth-order valence-corrected chi connectivity index (χ4v) is 3.79. The van der Waals surface area contributed by atoms with E-state index in [0.29, 0.717) is 16.8 Å². The van der Waals surface area contributed by atoms with Gasteiger partial charge in [-0.3, -0.25) is 0 Å². The van der Waals surface area contributed by atoms with Crippen LogP contribution in [0.2, 0.25) is 0 Å². The fraction of sp³-hybridized carbons (Fsp3) is 0.308. The van der Waals surface area contributed by atoms with Crippen molar-refractivity contribution in [2.24, 2.45) is 0 Å². The lowest BCUT2D eigenvalue weighted by Gasteiger charge is -2.22. The van der Waals surface area contributed by atoms with Gasteiger partial charge in [0.2, 0.25) is 5.88 Å². The molecule has 0 aliphatic rings. The Balaban J connectivity index is 1.59. The highest BCUT2D eigenvalue weighted by atomic mass is 32.2. The Labute approximate surface area is 209 Å². The lowest BCUT2D eigenvalue weighted by atomic mass is 10.1. The minimum atomic E-state index is -0.882. The molecule has 0 radical (unpaired) electrons. The van der Waals surface area contributed by atoms with Crippen molar-refractivity contribution in [3.05, 3.63) is 78.0 Å². The molecule has 1 heterocycles. The second-order valence-corrected chi connectivity index (χ2v) is 9.57. The summed E-state index contributed by atoms with van der Waals surface area (Å²) in [6.45, 7) is 5.25. The van der Waals surface area contributed by atoms with E-state index in [1.54, 1.807) is 45.2 Å². The average Bonchev–Trinajstić information content (AvgIpc) is 2.83. The molecule has 0 saturated carbocycles. The Bertz CT molecular complexity index is 1120. The Hall–Kier alpha value is -3.59. The van der Waals surface area contributed by atoms with Crippen LogP contribution in [0.1, 0.15) is 31.9 Å². The number of esters is 1. The molecule has 184 valence electrons. The number of hydrogen-bond donors (Lipinski definition) is 1. The summed E-state index contributed by atoms with van der Waals surface area (Å²) in [6, 6.07) is 18.1. The molecule has 9 heteroatoms. The number of benzene rings is 2. The number of rotatable bonds is 9. The third kappa shape index (κ3) is 8.94. The molecule has 0 bridgehead atoms. The highest BCUT2D eigenvalue weighted by Gasteiger charge is 2.25. The monoisotopic (exact) mass is 495 g/mol. The minimum absolute atomic E-state index is 0.236. The minimum Gasteiger partial charge on any atom is -0.467 e. The molecule has 3 aromatic rings. The van der Waals surface area contributed by atoms with Gasteiger partial charge in [0.15, 0.2) is 5.16 Å². The molecule has 8 nitrogen and oxygen atoms in total. The maximum Gasteiger partial charge on any atom is 0.408 e. The van der Waals surface area contributed by atoms with Gasteiger partial charge in [0.25, 0.3) is 0 Å². The summed E-state index contributed by atoms with van der Waals surface area (Å²) < 4.78 is 15.9. The van der Waals surface area contributed by atoms with Crippen LogP contribution < -0.4 is 10.1 Å². The van der Waals surface area contributed by atoms with Gasteiger partial charge in [-0.25, -0.2) is 14.6 Å². The van der Waals surface area contributed by atoms with Crippen molar-refractivity contribution in [1.82, 2.24) is 15.3 Å². The van der Waals surface area contributed by atoms with Gasteiger partial charge in [0.1, 0.15) is 17.4 Å². The second kappa shape index (κ2) is 12.2. The summed E-state index contributed by atoms with van der Waals surface area (Å²) in [4.78, 5) is 33.0. The molecule has 1 aromatic heterocycles. The largest absolute Gasteiger partial charge is 0.467 e. The van der Waals surface area contributed by atoms with Gasteiger partial charge >= 0.3 is 12.1 Å². The van der Waals surface area contributed by atoms with E-state index in [0.717, 1.165) is 11.3 Å². The third-order valence-corrected chi connectivity index (χ3v) is 5.51. The lowest BCUT2D eigenvalue weighted by Crippen LogP contribution is -2.45. The number of carbonyl (C=O) groups is 2. The zero-order valence-corrected chi connectivity index (χ0v) is 21.0. The van der Waals surface area contributed by atoms with Crippen molar-refractivity contribution in [3.63, 3.8) is 0 Å². The van der Waals surface area contributed by atoms with E-state index in [2.05, 4.69) is 27.4 Å². The maximum absolute atomic E-state index is 12.2. The van der Waals surface area contributed by atoms with Crippen LogP contribution in [0.5, 0.6) is 11.6 Å². The Morgan fingerprint density at radius 1 is 1.00 bits per heavy atom. The van der Waals surface area contributed by atoms with Crippen LogP contribution in [0.15, 0.2) is 72.0 Å². The smallest absolute Gasteiger partial charge is 0.408 e. The number of methoxy groups -OCH3 is 1. The molecule has 0 aliphatic carbocycles. The normalized spacial score (nSPS) is 11.9. The third-order valence-electron chi connectivity index (χ3n) is 4.58. The topological polar surface area (TPSA) is 99.6 Å². The SMILES string of the molecule is COC(=O)[C@H](Cc1ccc(Oc2ccnc(SCc3ccccc3)n2)cc1)NC(=O)OC(C)(C)C. The number of nitrogens with one attached hydrogen (secondary N) is 1. The van der Waals surface area contributed by atoms with Crippen LogP contribution in [0.25, 0.3) is 0 Å². The van der Waals surface area contributed by atoms with E-state index in [1.165, 1.54) is 24.4 Å². The molecule has 2 aromatic carbocycles. The number of carbonyl (C=O) groups excluding carboxylic acids is 2. The summed E-state index contributed by atoms with van der Waals surface area (Å²) in [5, 5.41) is 3.19. The molecule has 1 atom stereocenters. The van der Waals surface area contributed by atoms with Crippen LogP contribution in [0.3, 0.4) is 0 Å². The number of amides is 1. The summed E-state index contributed by atoms with van der Waals surface area (Å²) >= 11 is 1.53. The first kappa shape index (κ1) is 26.0. The maximum atomic E-state index is 12.2. The highest BCUT2D eigenvalue weighted by molar-refractivity contribution is 7.98. The summed E-state index contributed by atoms with van der Waals surface area (Å²) in [7, 11) is 1.27. The Morgan fingerprint density at radius 3 is 2.37 bits per heavy atom. The Kier molecular flexibility index (Phi) is 9.08. The first-order valence-electron chi connectivity index (χ1n) is 11.1. The number of alkyl carbamates (subject to hydrolysis) is 1. The lowest BCUT2D eigenvalue weighted by molar-refractivity contribution is -0.143. The van der Waals surface area contributed by atoms with E-state index in [1.807, 2.05) is 30.3 Å². The predicted octanol–water partition coefficient (Wildman–Crippen LogP) is 5.17. The zero-order valence-electron chi connectivity index (χ0n) is 20.2. The van der Waals surface area contributed by atoms with Crippen molar-refractivity contribution >= 4 is 23.8 Å². The fourth-order valence-electron chi connectivity index (χ4n) is 3.01. The standard InChI is InChI=1S/C26H29N3O5S/c1-26(2,3)34-25(31)28-21(23(30)32-4)16-18-10-12-20(13-11-18)33-22-14-15-27-24(29-22)35-17-19-8-6-5-7-9-19/h5-15,21H,16-17H2,1-4H3,(H,28,31)/t21-/m0/s1. The van der Waals surface area contributed by atoms with Gasteiger partial charge in [-0.05, 0) is 44.0 Å². The van der Waals surface area contributed by atoms with Crippen LogP contribution in [0, 0.1) is 0 Å². The number of aromatic nitrogens is 2. The average molecular weight is 496 g/mol. The van der Waals surface area contributed by atoms with Gasteiger partial charge in [-0.15, -0.1) is 0 Å². The quantitative estimate of drug-likeness (QED) is 0.247. The number of hydrogen-bond acceptors (Lipinski definition) is 8. The van der Waals surface area contributed by atoms with Crippen molar-refractivity contribution in [1.29, 1.82) is 0 Å². The highest BCUT2D eigenvalue weighted by Crippen LogP contribution is 2.24. The van der Waals surface area contributed by atoms with E-state index in [-0.39, 0.29) is 6.42 Å². The summed E-state index contributed by atoms with van der Waals surface area (Å²) in [6.07, 6.45) is 1.21. The van der Waals surface area contributed by atoms with Crippen molar-refractivity contribution in [2.75, 3.05) is 7.11 Å². The summed E-state index contributed by atoms with van der Waals surface area (Å²) in [5.41, 5.74) is 1.32. The Morgan fingerprint density at radius 2 is 1.71 bits per heavy atom. The van der Waals surface area contributed by atoms with Crippen LogP contribution in [-0.4, -0.2) is 40.8 Å². The number of nitrogens with zero attached hydrogens (tertiary/aromatic N) is 2. The molecule has 0 spiro atoms. The van der Waals surface area contributed by atoms with Gasteiger partial charge in [-0.1, -0.05) is 54.2 Å². The van der Waals surface area contributed by atoms with Crippen molar-refractivity contribution in [2.45, 2.75) is 49.7 Å². The molecular weight excluding hydrogens is 466 g/mol. The van der Waals surface area contributed by atoms with E-state index >= 15 is 0 Å². The van der Waals surface area contributed by atoms with E-state index in [9.17, 15) is 9.59 Å². The molecule has 1 amide bonds. The molecule has 0 saturated heterocycles. The predicted molar refractivity (Wildman–Crippen MR) is 133 cm³/mol. The molecule has 0 fully saturated rings. The van der Waals surface area contributed by atoms with Crippen molar-refractivity contribution in [3.8, 4) is 11.6 Å². The zero-order chi connectivity index (χ0) is 25.3. The van der Waals surface area contributed by atoms with Gasteiger partial charge in [0.05, 0.1) is 7.11 Å².